The Balaban J connectivity index is 1.21. The monoisotopic (exact) mass is 442 g/mol. The van der Waals surface area contributed by atoms with Gasteiger partial charge in [0.25, 0.3) is 0 Å². The SMILES string of the molecule is O=C1O[C@@H](Cn2ccnn2)CN1c1ccc(N2CCN(Cc3ccsc3)CC2)c(F)c1. The first kappa shape index (κ1) is 20.0. The van der Waals surface area contributed by atoms with Gasteiger partial charge in [-0.05, 0) is 40.6 Å². The smallest absolute Gasteiger partial charge is 0.414 e. The number of anilines is 2. The number of amides is 1. The zero-order chi connectivity index (χ0) is 21.2. The molecule has 0 aliphatic carbocycles. The van der Waals surface area contributed by atoms with E-state index in [-0.39, 0.29) is 11.9 Å². The molecule has 1 aromatic carbocycles. The average molecular weight is 443 g/mol. The van der Waals surface area contributed by atoms with Crippen LogP contribution >= 0.6 is 11.3 Å². The largest absolute Gasteiger partial charge is 0.442 e. The van der Waals surface area contributed by atoms with Crippen LogP contribution in [0.25, 0.3) is 0 Å². The van der Waals surface area contributed by atoms with Gasteiger partial charge in [0.15, 0.2) is 0 Å². The highest BCUT2D eigenvalue weighted by atomic mass is 32.1. The maximum atomic E-state index is 15.0. The molecule has 2 fully saturated rings. The molecule has 1 atom stereocenters. The maximum Gasteiger partial charge on any atom is 0.414 e. The van der Waals surface area contributed by atoms with Crippen molar-refractivity contribution in [3.05, 3.63) is 58.8 Å². The first-order chi connectivity index (χ1) is 15.2. The molecular weight excluding hydrogens is 419 g/mol. The molecule has 2 aliphatic rings. The van der Waals surface area contributed by atoms with Crippen molar-refractivity contribution >= 4 is 28.8 Å². The van der Waals surface area contributed by atoms with E-state index < -0.39 is 6.09 Å². The van der Waals surface area contributed by atoms with Crippen molar-refractivity contribution in [2.45, 2.75) is 19.2 Å². The van der Waals surface area contributed by atoms with Crippen molar-refractivity contribution in [3.8, 4) is 0 Å². The fraction of sp³-hybridized carbons (Fsp3) is 0.381. The zero-order valence-electron chi connectivity index (χ0n) is 16.9. The third-order valence-electron chi connectivity index (χ3n) is 5.68. The molecule has 2 saturated heterocycles. The lowest BCUT2D eigenvalue weighted by atomic mass is 10.2. The van der Waals surface area contributed by atoms with Crippen LogP contribution in [0.1, 0.15) is 5.56 Å². The van der Waals surface area contributed by atoms with Crippen molar-refractivity contribution in [1.29, 1.82) is 0 Å². The third kappa shape index (κ3) is 4.40. The Morgan fingerprint density at radius 2 is 2.06 bits per heavy atom. The van der Waals surface area contributed by atoms with E-state index >= 15 is 0 Å². The van der Waals surface area contributed by atoms with Gasteiger partial charge in [0.05, 0.1) is 30.7 Å². The molecule has 31 heavy (non-hydrogen) atoms. The number of aromatic nitrogens is 3. The van der Waals surface area contributed by atoms with Crippen LogP contribution in [-0.4, -0.2) is 64.8 Å². The van der Waals surface area contributed by atoms with Crippen molar-refractivity contribution in [3.63, 3.8) is 0 Å². The summed E-state index contributed by atoms with van der Waals surface area (Å²) in [6.07, 6.45) is 2.46. The summed E-state index contributed by atoms with van der Waals surface area (Å²) in [7, 11) is 0. The van der Waals surface area contributed by atoms with Crippen LogP contribution in [0.4, 0.5) is 20.6 Å². The number of ether oxygens (including phenoxy) is 1. The minimum absolute atomic E-state index is 0.323. The van der Waals surface area contributed by atoms with E-state index in [1.165, 1.54) is 16.5 Å². The standard InChI is InChI=1S/C21H23FN6O2S/c22-19-11-17(28-14-18(30-21(28)29)13-27-5-4-23-24-27)1-2-20(19)26-8-6-25(7-9-26)12-16-3-10-31-15-16/h1-5,10-11,15,18H,6-9,12-14H2/t18-/m0/s1. The Kier molecular flexibility index (Phi) is 5.56. The summed E-state index contributed by atoms with van der Waals surface area (Å²) in [6, 6.07) is 7.12. The summed E-state index contributed by atoms with van der Waals surface area (Å²) in [4.78, 5) is 18.2. The van der Waals surface area contributed by atoms with E-state index in [0.717, 1.165) is 32.7 Å². The number of halogens is 1. The predicted molar refractivity (Wildman–Crippen MR) is 116 cm³/mol. The molecular formula is C21H23FN6O2S. The van der Waals surface area contributed by atoms with Crippen LogP contribution in [0.3, 0.4) is 0 Å². The number of thiophene rings is 1. The number of hydrogen-bond acceptors (Lipinski definition) is 7. The van der Waals surface area contributed by atoms with Gasteiger partial charge in [-0.3, -0.25) is 9.80 Å². The Morgan fingerprint density at radius 3 is 2.77 bits per heavy atom. The fourth-order valence-electron chi connectivity index (χ4n) is 4.07. The maximum absolute atomic E-state index is 15.0. The number of carbonyl (C=O) groups excluding carboxylic acids is 1. The molecule has 8 nitrogen and oxygen atoms in total. The van der Waals surface area contributed by atoms with Crippen molar-refractivity contribution in [2.75, 3.05) is 42.5 Å². The number of nitrogens with zero attached hydrogens (tertiary/aromatic N) is 6. The molecule has 0 spiro atoms. The molecule has 0 N–H and O–H groups in total. The van der Waals surface area contributed by atoms with Gasteiger partial charge in [0.2, 0.25) is 0 Å². The summed E-state index contributed by atoms with van der Waals surface area (Å²) in [5.74, 6) is -0.323. The summed E-state index contributed by atoms with van der Waals surface area (Å²) >= 11 is 1.71. The number of benzene rings is 1. The first-order valence-electron chi connectivity index (χ1n) is 10.3. The third-order valence-corrected chi connectivity index (χ3v) is 6.41. The minimum atomic E-state index is -0.473. The average Bonchev–Trinajstić information content (AvgIpc) is 3.52. The second kappa shape index (κ2) is 8.64. The molecule has 0 saturated carbocycles. The number of carbonyl (C=O) groups is 1. The lowest BCUT2D eigenvalue weighted by Crippen LogP contribution is -2.46. The van der Waals surface area contributed by atoms with Crippen LogP contribution in [0.5, 0.6) is 0 Å². The molecule has 3 aromatic rings. The van der Waals surface area contributed by atoms with Gasteiger partial charge in [-0.2, -0.15) is 11.3 Å². The van der Waals surface area contributed by atoms with Gasteiger partial charge in [-0.25, -0.2) is 13.9 Å². The Labute approximate surface area is 183 Å². The molecule has 5 rings (SSSR count). The topological polar surface area (TPSA) is 66.7 Å². The van der Waals surface area contributed by atoms with Crippen LogP contribution in [0.15, 0.2) is 47.4 Å². The molecule has 0 radical (unpaired) electrons. The second-order valence-corrected chi connectivity index (χ2v) is 8.55. The van der Waals surface area contributed by atoms with Crippen molar-refractivity contribution in [2.24, 2.45) is 0 Å². The lowest BCUT2D eigenvalue weighted by Gasteiger charge is -2.36. The highest BCUT2D eigenvalue weighted by molar-refractivity contribution is 7.07. The summed E-state index contributed by atoms with van der Waals surface area (Å²) in [6.45, 7) is 5.01. The predicted octanol–water partition coefficient (Wildman–Crippen LogP) is 2.83. The summed E-state index contributed by atoms with van der Waals surface area (Å²) in [5, 5.41) is 11.9. The minimum Gasteiger partial charge on any atom is -0.442 e. The van der Waals surface area contributed by atoms with Crippen molar-refractivity contribution in [1.82, 2.24) is 19.9 Å². The molecule has 10 heteroatoms. The highest BCUT2D eigenvalue weighted by Crippen LogP contribution is 2.29. The van der Waals surface area contributed by atoms with Gasteiger partial charge in [-0.1, -0.05) is 5.21 Å². The molecule has 0 unspecified atom stereocenters. The molecule has 4 heterocycles. The van der Waals surface area contributed by atoms with Crippen LogP contribution in [0, 0.1) is 5.82 Å². The molecule has 162 valence electrons. The molecule has 1 amide bonds. The van der Waals surface area contributed by atoms with Crippen molar-refractivity contribution < 1.29 is 13.9 Å². The van der Waals surface area contributed by atoms with E-state index in [2.05, 4.69) is 36.9 Å². The van der Waals surface area contributed by atoms with Crippen LogP contribution in [-0.2, 0) is 17.8 Å². The Bertz CT molecular complexity index is 1020. The molecule has 0 bridgehead atoms. The van der Waals surface area contributed by atoms with Gasteiger partial charge in [0, 0.05) is 38.9 Å². The summed E-state index contributed by atoms with van der Waals surface area (Å²) < 4.78 is 22.0. The summed E-state index contributed by atoms with van der Waals surface area (Å²) in [5.41, 5.74) is 2.41. The first-order valence-corrected chi connectivity index (χ1v) is 11.2. The van der Waals surface area contributed by atoms with E-state index in [4.69, 9.17) is 4.74 Å². The van der Waals surface area contributed by atoms with Gasteiger partial charge >= 0.3 is 6.09 Å². The van der Waals surface area contributed by atoms with E-state index in [0.29, 0.717) is 24.5 Å². The van der Waals surface area contributed by atoms with E-state index in [1.807, 2.05) is 0 Å². The van der Waals surface area contributed by atoms with E-state index in [1.54, 1.807) is 40.5 Å². The van der Waals surface area contributed by atoms with Crippen LogP contribution in [0.2, 0.25) is 0 Å². The second-order valence-electron chi connectivity index (χ2n) is 7.77. The number of cyclic esters (lactones) is 1. The quantitative estimate of drug-likeness (QED) is 0.585. The number of hydrogen-bond donors (Lipinski definition) is 0. The lowest BCUT2D eigenvalue weighted by molar-refractivity contribution is 0.129. The Hall–Kier alpha value is -2.98. The van der Waals surface area contributed by atoms with Crippen LogP contribution < -0.4 is 9.80 Å². The highest BCUT2D eigenvalue weighted by Gasteiger charge is 2.33. The van der Waals surface area contributed by atoms with Gasteiger partial charge < -0.3 is 9.64 Å². The molecule has 2 aliphatic heterocycles. The normalized spacial score (nSPS) is 19.8. The fourth-order valence-corrected chi connectivity index (χ4v) is 4.73. The number of piperazine rings is 1. The van der Waals surface area contributed by atoms with Gasteiger partial charge in [0.1, 0.15) is 11.9 Å². The van der Waals surface area contributed by atoms with Gasteiger partial charge in [-0.15, -0.1) is 5.10 Å². The van der Waals surface area contributed by atoms with E-state index in [9.17, 15) is 9.18 Å². The Morgan fingerprint density at radius 1 is 1.19 bits per heavy atom. The molecule has 2 aromatic heterocycles. The number of rotatable bonds is 6. The zero-order valence-corrected chi connectivity index (χ0v) is 17.7.